The van der Waals surface area contributed by atoms with E-state index in [1.54, 1.807) is 13.0 Å². The van der Waals surface area contributed by atoms with Crippen LogP contribution in [0.4, 0.5) is 4.39 Å². The molecule has 0 heterocycles. The molecule has 1 rings (SSSR count). The molecule has 1 aromatic carbocycles. The molecule has 0 fully saturated rings. The van der Waals surface area contributed by atoms with Crippen LogP contribution in [0.3, 0.4) is 0 Å². The quantitative estimate of drug-likeness (QED) is 0.731. The third-order valence-electron chi connectivity index (χ3n) is 3.23. The predicted octanol–water partition coefficient (Wildman–Crippen LogP) is 0.941. The summed E-state index contributed by atoms with van der Waals surface area (Å²) in [5, 5.41) is 5.04. The second-order valence-corrected chi connectivity index (χ2v) is 5.08. The molecule has 6 nitrogen and oxygen atoms in total. The van der Waals surface area contributed by atoms with Crippen molar-refractivity contribution in [3.05, 3.63) is 35.6 Å². The summed E-state index contributed by atoms with van der Waals surface area (Å²) in [6, 6.07) is 4.06. The molecule has 0 unspecified atom stereocenters. The van der Waals surface area contributed by atoms with Crippen molar-refractivity contribution < 1.29 is 23.5 Å². The van der Waals surface area contributed by atoms with Crippen LogP contribution in [0.5, 0.6) is 0 Å². The van der Waals surface area contributed by atoms with Crippen LogP contribution in [0.1, 0.15) is 25.8 Å². The fourth-order valence-electron chi connectivity index (χ4n) is 2.10. The van der Waals surface area contributed by atoms with Gasteiger partial charge in [-0.3, -0.25) is 9.59 Å². The summed E-state index contributed by atoms with van der Waals surface area (Å²) in [4.78, 5) is 35.2. The Morgan fingerprint density at radius 2 is 1.91 bits per heavy atom. The number of carbonyl (C=O) groups excluding carboxylic acids is 3. The van der Waals surface area contributed by atoms with E-state index in [4.69, 9.17) is 0 Å². The van der Waals surface area contributed by atoms with E-state index in [9.17, 15) is 18.8 Å². The van der Waals surface area contributed by atoms with Gasteiger partial charge in [-0.15, -0.1) is 0 Å². The maximum atomic E-state index is 13.2. The van der Waals surface area contributed by atoms with Gasteiger partial charge in [-0.1, -0.05) is 19.1 Å². The Hall–Kier alpha value is -2.44. The summed E-state index contributed by atoms with van der Waals surface area (Å²) >= 11 is 0. The fraction of sp³-hybridized carbons (Fsp3) is 0.438. The van der Waals surface area contributed by atoms with Crippen LogP contribution in [-0.2, 0) is 25.5 Å². The number of methoxy groups -OCH3 is 1. The van der Waals surface area contributed by atoms with Gasteiger partial charge < -0.3 is 15.4 Å². The van der Waals surface area contributed by atoms with Gasteiger partial charge in [-0.2, -0.15) is 0 Å². The summed E-state index contributed by atoms with van der Waals surface area (Å²) in [5.41, 5.74) is 0.560. The Labute approximate surface area is 134 Å². The molecule has 0 aliphatic heterocycles. The average molecular weight is 324 g/mol. The Bertz CT molecular complexity index is 577. The highest BCUT2D eigenvalue weighted by atomic mass is 19.1. The summed E-state index contributed by atoms with van der Waals surface area (Å²) in [5.74, 6) is -1.91. The van der Waals surface area contributed by atoms with Crippen LogP contribution in [0, 0.1) is 5.82 Å². The number of nitrogens with one attached hydrogen (secondary N) is 2. The smallest absolute Gasteiger partial charge is 0.328 e. The molecule has 2 N–H and O–H groups in total. The van der Waals surface area contributed by atoms with E-state index in [0.717, 1.165) is 0 Å². The highest BCUT2D eigenvalue weighted by molar-refractivity contribution is 5.90. The molecular formula is C16H21FN2O4. The lowest BCUT2D eigenvalue weighted by Gasteiger charge is -2.21. The number of esters is 1. The maximum Gasteiger partial charge on any atom is 0.328 e. The minimum atomic E-state index is -0.909. The molecule has 0 saturated carbocycles. The van der Waals surface area contributed by atoms with Gasteiger partial charge in [0.15, 0.2) is 0 Å². The van der Waals surface area contributed by atoms with Crippen LogP contribution < -0.4 is 10.6 Å². The fourth-order valence-corrected chi connectivity index (χ4v) is 2.10. The first-order chi connectivity index (χ1) is 10.9. The van der Waals surface area contributed by atoms with Gasteiger partial charge in [-0.25, -0.2) is 9.18 Å². The lowest BCUT2D eigenvalue weighted by Crippen LogP contribution is -2.52. The number of rotatable bonds is 7. The molecule has 1 aromatic rings. The normalized spacial score (nSPS) is 12.9. The number of halogens is 1. The molecule has 0 saturated heterocycles. The van der Waals surface area contributed by atoms with E-state index in [2.05, 4.69) is 15.4 Å². The van der Waals surface area contributed by atoms with E-state index in [-0.39, 0.29) is 6.42 Å². The molecule has 0 aromatic heterocycles. The van der Waals surface area contributed by atoms with Crippen molar-refractivity contribution in [2.75, 3.05) is 7.11 Å². The Morgan fingerprint density at radius 3 is 2.43 bits per heavy atom. The largest absolute Gasteiger partial charge is 0.467 e. The summed E-state index contributed by atoms with van der Waals surface area (Å²) in [6.45, 7) is 3.01. The number of hydrogen-bond acceptors (Lipinski definition) is 4. The molecule has 0 radical (unpaired) electrons. The molecule has 0 aliphatic carbocycles. The van der Waals surface area contributed by atoms with Gasteiger partial charge in [0.1, 0.15) is 17.9 Å². The number of amides is 2. The van der Waals surface area contributed by atoms with Gasteiger partial charge in [0.25, 0.3) is 0 Å². The van der Waals surface area contributed by atoms with E-state index in [1.807, 2.05) is 0 Å². The monoisotopic (exact) mass is 324 g/mol. The molecular weight excluding hydrogens is 303 g/mol. The van der Waals surface area contributed by atoms with Gasteiger partial charge in [0.2, 0.25) is 11.8 Å². The number of hydrogen-bond donors (Lipinski definition) is 2. The van der Waals surface area contributed by atoms with Crippen molar-refractivity contribution >= 4 is 17.8 Å². The Morgan fingerprint density at radius 1 is 1.22 bits per heavy atom. The van der Waals surface area contributed by atoms with Gasteiger partial charge >= 0.3 is 5.97 Å². The zero-order chi connectivity index (χ0) is 17.4. The van der Waals surface area contributed by atoms with Crippen molar-refractivity contribution in [2.24, 2.45) is 0 Å². The van der Waals surface area contributed by atoms with Crippen molar-refractivity contribution in [1.82, 2.24) is 10.6 Å². The van der Waals surface area contributed by atoms with E-state index in [0.29, 0.717) is 12.0 Å². The number of ether oxygens (including phenoxy) is 1. The van der Waals surface area contributed by atoms with E-state index < -0.39 is 35.7 Å². The second kappa shape index (κ2) is 8.87. The van der Waals surface area contributed by atoms with Crippen molar-refractivity contribution in [2.45, 2.75) is 38.8 Å². The SMILES string of the molecule is CC[C@H](NC(=O)[C@@H](Cc1cccc(F)c1)NC(C)=O)C(=O)OC. The topological polar surface area (TPSA) is 84.5 Å². The molecule has 0 bridgehead atoms. The highest BCUT2D eigenvalue weighted by Gasteiger charge is 2.25. The van der Waals surface area contributed by atoms with Crippen LogP contribution >= 0.6 is 0 Å². The zero-order valence-corrected chi connectivity index (χ0v) is 13.4. The first-order valence-electron chi connectivity index (χ1n) is 7.27. The van der Waals surface area contributed by atoms with Gasteiger partial charge in [-0.05, 0) is 24.1 Å². The van der Waals surface area contributed by atoms with Crippen LogP contribution in [-0.4, -0.2) is 37.0 Å². The van der Waals surface area contributed by atoms with Gasteiger partial charge in [0, 0.05) is 13.3 Å². The van der Waals surface area contributed by atoms with E-state index >= 15 is 0 Å². The molecule has 2 atom stereocenters. The van der Waals surface area contributed by atoms with Crippen molar-refractivity contribution in [3.63, 3.8) is 0 Å². The molecule has 2 amide bonds. The summed E-state index contributed by atoms with van der Waals surface area (Å²) in [7, 11) is 1.23. The van der Waals surface area contributed by atoms with Gasteiger partial charge in [0.05, 0.1) is 7.11 Å². The third kappa shape index (κ3) is 6.06. The first-order valence-corrected chi connectivity index (χ1v) is 7.27. The van der Waals surface area contributed by atoms with Crippen molar-refractivity contribution in [3.8, 4) is 0 Å². The molecule has 0 aliphatic rings. The minimum Gasteiger partial charge on any atom is -0.467 e. The highest BCUT2D eigenvalue weighted by Crippen LogP contribution is 2.07. The van der Waals surface area contributed by atoms with Crippen molar-refractivity contribution in [1.29, 1.82) is 0 Å². The number of benzene rings is 1. The molecule has 0 spiro atoms. The average Bonchev–Trinajstić information content (AvgIpc) is 2.50. The second-order valence-electron chi connectivity index (χ2n) is 5.08. The third-order valence-corrected chi connectivity index (χ3v) is 3.23. The lowest BCUT2D eigenvalue weighted by atomic mass is 10.0. The Balaban J connectivity index is 2.85. The molecule has 7 heteroatoms. The van der Waals surface area contributed by atoms with E-state index in [1.165, 1.54) is 32.2 Å². The molecule has 23 heavy (non-hydrogen) atoms. The standard InChI is InChI=1S/C16H21FN2O4/c1-4-13(16(22)23-3)19-15(21)14(18-10(2)20)9-11-6-5-7-12(17)8-11/h5-8,13-14H,4,9H2,1-3H3,(H,18,20)(H,19,21)/t13-,14+/m0/s1. The maximum absolute atomic E-state index is 13.2. The lowest BCUT2D eigenvalue weighted by molar-refractivity contribution is -0.145. The summed E-state index contributed by atoms with van der Waals surface area (Å²) in [6.07, 6.45) is 0.464. The zero-order valence-electron chi connectivity index (χ0n) is 13.4. The van der Waals surface area contributed by atoms with Crippen LogP contribution in [0.25, 0.3) is 0 Å². The Kier molecular flexibility index (Phi) is 7.18. The molecule has 126 valence electrons. The first kappa shape index (κ1) is 18.6. The predicted molar refractivity (Wildman–Crippen MR) is 81.9 cm³/mol. The number of carbonyl (C=O) groups is 3. The summed E-state index contributed by atoms with van der Waals surface area (Å²) < 4.78 is 17.9. The van der Waals surface area contributed by atoms with Crippen LogP contribution in [0.2, 0.25) is 0 Å². The minimum absolute atomic E-state index is 0.112. The van der Waals surface area contributed by atoms with Crippen LogP contribution in [0.15, 0.2) is 24.3 Å².